The van der Waals surface area contributed by atoms with Crippen molar-refractivity contribution in [2.45, 2.75) is 18.2 Å². The first kappa shape index (κ1) is 16.8. The van der Waals surface area contributed by atoms with Crippen molar-refractivity contribution in [3.8, 4) is 11.1 Å². The molecule has 0 amide bonds. The first-order valence-electron chi connectivity index (χ1n) is 7.01. The number of benzene rings is 2. The van der Waals surface area contributed by atoms with Gasteiger partial charge in [-0.3, -0.25) is 4.79 Å². The quantitative estimate of drug-likeness (QED) is 0.754. The number of carbonyl (C=O) groups is 1. The van der Waals surface area contributed by atoms with Crippen LogP contribution in [-0.4, -0.2) is 25.0 Å². The minimum Gasteiger partial charge on any atom is -0.288 e. The van der Waals surface area contributed by atoms with Gasteiger partial charge in [0.05, 0.1) is 10.6 Å². The van der Waals surface area contributed by atoms with Gasteiger partial charge in [0.2, 0.25) is 0 Å². The third kappa shape index (κ3) is 4.71. The molecule has 0 saturated carbocycles. The molecular weight excluding hydrogens is 316 g/mol. The molecule has 0 aliphatic carbocycles. The van der Waals surface area contributed by atoms with Crippen LogP contribution >= 0.6 is 11.8 Å². The van der Waals surface area contributed by atoms with Crippen LogP contribution < -0.4 is 0 Å². The summed E-state index contributed by atoms with van der Waals surface area (Å²) >= 11 is 1.16. The molecule has 2 rings (SSSR count). The average molecular weight is 334 g/mol. The molecular formula is C17H18O3S2. The lowest BCUT2D eigenvalue weighted by Gasteiger charge is -2.06. The Balaban J connectivity index is 2.04. The van der Waals surface area contributed by atoms with Crippen molar-refractivity contribution in [2.75, 3.05) is 11.5 Å². The zero-order valence-corrected chi connectivity index (χ0v) is 14.0. The Morgan fingerprint density at radius 2 is 1.55 bits per heavy atom. The van der Waals surface area contributed by atoms with E-state index < -0.39 is 9.84 Å². The van der Waals surface area contributed by atoms with Crippen LogP contribution in [0.4, 0.5) is 0 Å². The fourth-order valence-electron chi connectivity index (χ4n) is 2.07. The highest BCUT2D eigenvalue weighted by atomic mass is 32.2. The van der Waals surface area contributed by atoms with Crippen LogP contribution in [0.25, 0.3) is 11.1 Å². The first-order valence-corrected chi connectivity index (χ1v) is 9.64. The van der Waals surface area contributed by atoms with E-state index in [9.17, 15) is 13.2 Å². The second-order valence-corrected chi connectivity index (χ2v) is 8.28. The number of sulfone groups is 1. The smallest absolute Gasteiger partial charge is 0.185 e. The van der Waals surface area contributed by atoms with Crippen LogP contribution in [0.3, 0.4) is 0 Å². The number of thioether (sulfide) groups is 1. The van der Waals surface area contributed by atoms with E-state index in [-0.39, 0.29) is 10.9 Å². The van der Waals surface area contributed by atoms with E-state index >= 15 is 0 Å². The lowest BCUT2D eigenvalue weighted by atomic mass is 10.1. The molecule has 22 heavy (non-hydrogen) atoms. The summed E-state index contributed by atoms with van der Waals surface area (Å²) < 4.78 is 24.5. The lowest BCUT2D eigenvalue weighted by molar-refractivity contribution is -0.109. The van der Waals surface area contributed by atoms with Gasteiger partial charge in [-0.25, -0.2) is 8.42 Å². The van der Waals surface area contributed by atoms with Crippen LogP contribution in [0.5, 0.6) is 0 Å². The predicted octanol–water partition coefficient (Wildman–Crippen LogP) is 3.80. The largest absolute Gasteiger partial charge is 0.288 e. The Labute approximate surface area is 135 Å². The monoisotopic (exact) mass is 334 g/mol. The van der Waals surface area contributed by atoms with E-state index in [4.69, 9.17) is 0 Å². The molecule has 0 aromatic heterocycles. The van der Waals surface area contributed by atoms with Gasteiger partial charge in [0.25, 0.3) is 0 Å². The third-order valence-electron chi connectivity index (χ3n) is 3.18. The molecule has 0 atom stereocenters. The summed E-state index contributed by atoms with van der Waals surface area (Å²) in [6.07, 6.45) is 0.479. The summed E-state index contributed by atoms with van der Waals surface area (Å²) in [5.74, 6) is 0.606. The van der Waals surface area contributed by atoms with Crippen molar-refractivity contribution < 1.29 is 13.2 Å². The molecule has 3 nitrogen and oxygen atoms in total. The van der Waals surface area contributed by atoms with E-state index in [1.807, 2.05) is 42.5 Å². The Kier molecular flexibility index (Phi) is 5.80. The summed E-state index contributed by atoms with van der Waals surface area (Å²) in [6.45, 7) is 1.49. The van der Waals surface area contributed by atoms with Crippen molar-refractivity contribution >= 4 is 26.7 Å². The first-order chi connectivity index (χ1) is 10.5. The highest BCUT2D eigenvalue weighted by Gasteiger charge is 2.14. The van der Waals surface area contributed by atoms with Crippen LogP contribution in [-0.2, 0) is 14.6 Å². The van der Waals surface area contributed by atoms with Gasteiger partial charge in [-0.1, -0.05) is 54.2 Å². The molecule has 0 bridgehead atoms. The van der Waals surface area contributed by atoms with Crippen molar-refractivity contribution in [3.05, 3.63) is 54.6 Å². The van der Waals surface area contributed by atoms with Gasteiger partial charge in [-0.15, -0.1) is 0 Å². The van der Waals surface area contributed by atoms with Crippen molar-refractivity contribution in [1.82, 2.24) is 0 Å². The number of hydrogen-bond acceptors (Lipinski definition) is 4. The number of rotatable bonds is 6. The van der Waals surface area contributed by atoms with Gasteiger partial charge in [-0.05, 0) is 29.7 Å². The average Bonchev–Trinajstić information content (AvgIpc) is 2.52. The van der Waals surface area contributed by atoms with E-state index in [1.165, 1.54) is 6.92 Å². The van der Waals surface area contributed by atoms with Gasteiger partial charge < -0.3 is 0 Å². The second-order valence-electron chi connectivity index (χ2n) is 4.90. The van der Waals surface area contributed by atoms with Gasteiger partial charge in [0.1, 0.15) is 0 Å². The van der Waals surface area contributed by atoms with E-state index in [2.05, 4.69) is 0 Å². The van der Waals surface area contributed by atoms with Gasteiger partial charge in [0.15, 0.2) is 15.0 Å². The predicted molar refractivity (Wildman–Crippen MR) is 91.7 cm³/mol. The lowest BCUT2D eigenvalue weighted by Crippen LogP contribution is -2.08. The minimum absolute atomic E-state index is 0.0182. The highest BCUT2D eigenvalue weighted by Crippen LogP contribution is 2.22. The Bertz CT molecular complexity index is 720. The van der Waals surface area contributed by atoms with Crippen LogP contribution in [0.1, 0.15) is 13.3 Å². The number of hydrogen-bond donors (Lipinski definition) is 0. The van der Waals surface area contributed by atoms with E-state index in [0.29, 0.717) is 17.1 Å². The summed E-state index contributed by atoms with van der Waals surface area (Å²) in [6, 6.07) is 16.8. The third-order valence-corrected chi connectivity index (χ3v) is 5.90. The fourth-order valence-corrected chi connectivity index (χ4v) is 4.14. The summed E-state index contributed by atoms with van der Waals surface area (Å²) in [5, 5.41) is 0.0182. The molecule has 2 aromatic carbocycles. The second kappa shape index (κ2) is 7.61. The highest BCUT2D eigenvalue weighted by molar-refractivity contribution is 8.13. The molecule has 116 valence electrons. The molecule has 0 heterocycles. The zero-order valence-electron chi connectivity index (χ0n) is 12.4. The Hall–Kier alpha value is -1.59. The van der Waals surface area contributed by atoms with Gasteiger partial charge >= 0.3 is 0 Å². The van der Waals surface area contributed by atoms with E-state index in [1.54, 1.807) is 12.1 Å². The molecule has 0 unspecified atom stereocenters. The number of carbonyl (C=O) groups excluding carboxylic acids is 1. The fraction of sp³-hybridized carbons (Fsp3) is 0.235. The maximum absolute atomic E-state index is 12.2. The van der Waals surface area contributed by atoms with Crippen LogP contribution in [0.2, 0.25) is 0 Å². The zero-order chi connectivity index (χ0) is 16.0. The minimum atomic E-state index is -3.28. The molecule has 0 spiro atoms. The normalized spacial score (nSPS) is 11.3. The summed E-state index contributed by atoms with van der Waals surface area (Å²) in [4.78, 5) is 11.2. The van der Waals surface area contributed by atoms with E-state index in [0.717, 1.165) is 22.9 Å². The van der Waals surface area contributed by atoms with Crippen molar-refractivity contribution in [2.24, 2.45) is 0 Å². The van der Waals surface area contributed by atoms with Crippen LogP contribution in [0, 0.1) is 0 Å². The van der Waals surface area contributed by atoms with Gasteiger partial charge in [-0.2, -0.15) is 0 Å². The summed E-state index contributed by atoms with van der Waals surface area (Å²) in [5.41, 5.74) is 2.05. The molecule has 0 saturated heterocycles. The molecule has 0 radical (unpaired) electrons. The standard InChI is InChI=1S/C17H18O3S2/c1-14(18)21-12-5-13-22(19,20)17-10-8-16(9-11-17)15-6-3-2-4-7-15/h2-4,6-11H,5,12-13H2,1H3. The van der Waals surface area contributed by atoms with Gasteiger partial charge in [0, 0.05) is 12.7 Å². The Morgan fingerprint density at radius 3 is 2.14 bits per heavy atom. The molecule has 0 aliphatic heterocycles. The summed E-state index contributed by atoms with van der Waals surface area (Å²) in [7, 11) is -3.28. The Morgan fingerprint density at radius 1 is 0.955 bits per heavy atom. The molecule has 0 aliphatic rings. The van der Waals surface area contributed by atoms with Crippen molar-refractivity contribution in [3.63, 3.8) is 0 Å². The molecule has 5 heteroatoms. The van der Waals surface area contributed by atoms with Crippen LogP contribution in [0.15, 0.2) is 59.5 Å². The van der Waals surface area contributed by atoms with Crippen molar-refractivity contribution in [1.29, 1.82) is 0 Å². The molecule has 0 fully saturated rings. The maximum atomic E-state index is 12.2. The topological polar surface area (TPSA) is 51.2 Å². The SMILES string of the molecule is CC(=O)SCCCS(=O)(=O)c1ccc(-c2ccccc2)cc1. The maximum Gasteiger partial charge on any atom is 0.185 e. The molecule has 2 aromatic rings. The molecule has 0 N–H and O–H groups in total.